The number of allylic oxidation sites excluding steroid dienone is 1. The summed E-state index contributed by atoms with van der Waals surface area (Å²) < 4.78 is 1.67. The van der Waals surface area contributed by atoms with Crippen molar-refractivity contribution in [1.82, 2.24) is 35.2 Å². The first-order chi connectivity index (χ1) is 9.28. The van der Waals surface area contributed by atoms with E-state index in [1.54, 1.807) is 10.8 Å². The standard InChI is InChI=1S/C11H11N7S/c1-3-6-18-11(15-16-17-18)19-10-8-4-5-12-9(8)13-7(2)14-10/h3-5H,1,6H2,2H3,(H,12,13,14). The van der Waals surface area contributed by atoms with Crippen LogP contribution in [0.3, 0.4) is 0 Å². The first-order valence-corrected chi connectivity index (χ1v) is 6.46. The topological polar surface area (TPSA) is 85.2 Å². The molecule has 1 N–H and O–H groups in total. The molecule has 0 radical (unpaired) electrons. The van der Waals surface area contributed by atoms with Crippen molar-refractivity contribution in [2.75, 3.05) is 0 Å². The van der Waals surface area contributed by atoms with Crippen LogP contribution in [0.15, 0.2) is 35.1 Å². The minimum absolute atomic E-state index is 0.565. The lowest BCUT2D eigenvalue weighted by Crippen LogP contribution is -2.00. The fourth-order valence-corrected chi connectivity index (χ4v) is 2.61. The highest BCUT2D eigenvalue weighted by atomic mass is 32.2. The van der Waals surface area contributed by atoms with Crippen LogP contribution < -0.4 is 0 Å². The summed E-state index contributed by atoms with van der Waals surface area (Å²) in [6.07, 6.45) is 3.59. The molecule has 3 rings (SSSR count). The first-order valence-electron chi connectivity index (χ1n) is 5.64. The van der Waals surface area contributed by atoms with Crippen LogP contribution in [0.1, 0.15) is 5.82 Å². The largest absolute Gasteiger partial charge is 0.346 e. The van der Waals surface area contributed by atoms with Crippen LogP contribution in [0.2, 0.25) is 0 Å². The van der Waals surface area contributed by atoms with Crippen LogP contribution >= 0.6 is 11.8 Å². The van der Waals surface area contributed by atoms with E-state index < -0.39 is 0 Å². The van der Waals surface area contributed by atoms with Crippen molar-refractivity contribution >= 4 is 22.8 Å². The third kappa shape index (κ3) is 2.22. The van der Waals surface area contributed by atoms with Crippen molar-refractivity contribution in [3.8, 4) is 0 Å². The maximum Gasteiger partial charge on any atom is 0.215 e. The summed E-state index contributed by atoms with van der Waals surface area (Å²) in [4.78, 5) is 11.9. The van der Waals surface area contributed by atoms with E-state index in [0.29, 0.717) is 17.5 Å². The van der Waals surface area contributed by atoms with Crippen LogP contribution in [0.25, 0.3) is 11.0 Å². The van der Waals surface area contributed by atoms with E-state index in [2.05, 4.69) is 37.1 Å². The highest BCUT2D eigenvalue weighted by Crippen LogP contribution is 2.29. The number of H-pyrrole nitrogens is 1. The van der Waals surface area contributed by atoms with Gasteiger partial charge in [0, 0.05) is 6.20 Å². The molecular weight excluding hydrogens is 262 g/mol. The van der Waals surface area contributed by atoms with Crippen molar-refractivity contribution in [3.63, 3.8) is 0 Å². The Kier molecular flexibility index (Phi) is 3.00. The third-order valence-electron chi connectivity index (χ3n) is 2.48. The Labute approximate surface area is 113 Å². The molecule has 96 valence electrons. The number of aryl methyl sites for hydroxylation is 1. The van der Waals surface area contributed by atoms with Crippen molar-refractivity contribution in [1.29, 1.82) is 0 Å². The van der Waals surface area contributed by atoms with Crippen LogP contribution in [-0.2, 0) is 6.54 Å². The lowest BCUT2D eigenvalue weighted by Gasteiger charge is -2.03. The summed E-state index contributed by atoms with van der Waals surface area (Å²) in [5.41, 5.74) is 0.817. The van der Waals surface area contributed by atoms with Crippen LogP contribution in [0.5, 0.6) is 0 Å². The number of hydrogen-bond donors (Lipinski definition) is 1. The second kappa shape index (κ2) is 4.81. The van der Waals surface area contributed by atoms with Gasteiger partial charge in [0.1, 0.15) is 16.5 Å². The molecular formula is C11H11N7S. The molecule has 7 nitrogen and oxygen atoms in total. The SMILES string of the molecule is C=CCn1nnnc1Sc1nc(C)nc2[nH]ccc12. The number of tetrazole rings is 1. The van der Waals surface area contributed by atoms with Gasteiger partial charge < -0.3 is 4.98 Å². The van der Waals surface area contributed by atoms with E-state index in [0.717, 1.165) is 16.1 Å². The minimum Gasteiger partial charge on any atom is -0.346 e. The summed E-state index contributed by atoms with van der Waals surface area (Å²) in [5, 5.41) is 14.1. The Morgan fingerprint density at radius 1 is 1.47 bits per heavy atom. The lowest BCUT2D eigenvalue weighted by molar-refractivity contribution is 0.614. The third-order valence-corrected chi connectivity index (χ3v) is 3.46. The number of hydrogen-bond acceptors (Lipinski definition) is 6. The number of nitrogens with one attached hydrogen (secondary N) is 1. The van der Waals surface area contributed by atoms with Crippen LogP contribution in [0.4, 0.5) is 0 Å². The number of nitrogens with zero attached hydrogens (tertiary/aromatic N) is 6. The molecule has 0 aromatic carbocycles. The van der Waals surface area contributed by atoms with Gasteiger partial charge in [0.15, 0.2) is 0 Å². The molecule has 0 amide bonds. The predicted octanol–water partition coefficient (Wildman–Crippen LogP) is 1.59. The van der Waals surface area contributed by atoms with Gasteiger partial charge in [0.2, 0.25) is 5.16 Å². The quantitative estimate of drug-likeness (QED) is 0.574. The highest BCUT2D eigenvalue weighted by molar-refractivity contribution is 7.99. The number of aromatic amines is 1. The zero-order valence-corrected chi connectivity index (χ0v) is 11.1. The van der Waals surface area contributed by atoms with Gasteiger partial charge in [-0.2, -0.15) is 0 Å². The molecule has 0 spiro atoms. The normalized spacial score (nSPS) is 11.0. The molecule has 0 unspecified atom stereocenters. The Hall–Kier alpha value is -2.22. The summed E-state index contributed by atoms with van der Waals surface area (Å²) in [6, 6.07) is 1.94. The summed E-state index contributed by atoms with van der Waals surface area (Å²) >= 11 is 1.42. The van der Waals surface area contributed by atoms with E-state index in [-0.39, 0.29) is 0 Å². The van der Waals surface area contributed by atoms with E-state index >= 15 is 0 Å². The molecule has 8 heteroatoms. The monoisotopic (exact) mass is 273 g/mol. The molecule has 0 saturated carbocycles. The second-order valence-electron chi connectivity index (χ2n) is 3.85. The Bertz CT molecular complexity index is 730. The molecule has 0 atom stereocenters. The molecule has 3 heterocycles. The summed E-state index contributed by atoms with van der Waals surface area (Å²) in [6.45, 7) is 6.11. The Morgan fingerprint density at radius 3 is 3.21 bits per heavy atom. The molecule has 0 saturated heterocycles. The van der Waals surface area contributed by atoms with Crippen LogP contribution in [-0.4, -0.2) is 35.2 Å². The first kappa shape index (κ1) is 11.8. The van der Waals surface area contributed by atoms with Gasteiger partial charge in [-0.3, -0.25) is 0 Å². The summed E-state index contributed by atoms with van der Waals surface area (Å²) in [5.74, 6) is 0.709. The van der Waals surface area contributed by atoms with Gasteiger partial charge in [0.05, 0.1) is 11.9 Å². The molecule has 0 bridgehead atoms. The second-order valence-corrected chi connectivity index (χ2v) is 4.81. The van der Waals surface area contributed by atoms with Gasteiger partial charge in [-0.15, -0.1) is 11.7 Å². The van der Waals surface area contributed by atoms with Gasteiger partial charge in [-0.25, -0.2) is 14.6 Å². The van der Waals surface area contributed by atoms with Gasteiger partial charge in [-0.05, 0) is 35.2 Å². The van der Waals surface area contributed by atoms with Crippen LogP contribution in [0, 0.1) is 6.92 Å². The number of rotatable bonds is 4. The van der Waals surface area contributed by atoms with Gasteiger partial charge >= 0.3 is 0 Å². The average Bonchev–Trinajstić information content (AvgIpc) is 2.99. The average molecular weight is 273 g/mol. The fraction of sp³-hybridized carbons (Fsp3) is 0.182. The number of aromatic nitrogens is 7. The Morgan fingerprint density at radius 2 is 2.37 bits per heavy atom. The highest BCUT2D eigenvalue weighted by Gasteiger charge is 2.13. The smallest absolute Gasteiger partial charge is 0.215 e. The molecule has 0 aliphatic heterocycles. The van der Waals surface area contributed by atoms with E-state index in [1.165, 1.54) is 11.8 Å². The van der Waals surface area contributed by atoms with Crippen molar-refractivity contribution < 1.29 is 0 Å². The van der Waals surface area contributed by atoms with Gasteiger partial charge in [0.25, 0.3) is 0 Å². The molecule has 0 fully saturated rings. The molecule has 0 aliphatic carbocycles. The zero-order chi connectivity index (χ0) is 13.2. The van der Waals surface area contributed by atoms with Crippen molar-refractivity contribution in [3.05, 3.63) is 30.7 Å². The molecule has 3 aromatic rings. The van der Waals surface area contributed by atoms with Crippen molar-refractivity contribution in [2.45, 2.75) is 23.7 Å². The lowest BCUT2D eigenvalue weighted by atomic mass is 10.4. The molecule has 3 aromatic heterocycles. The maximum atomic E-state index is 4.45. The molecule has 19 heavy (non-hydrogen) atoms. The van der Waals surface area contributed by atoms with E-state index in [9.17, 15) is 0 Å². The fourth-order valence-electron chi connectivity index (χ4n) is 1.69. The van der Waals surface area contributed by atoms with Crippen molar-refractivity contribution in [2.24, 2.45) is 0 Å². The zero-order valence-electron chi connectivity index (χ0n) is 10.2. The molecule has 0 aliphatic rings. The van der Waals surface area contributed by atoms with E-state index in [1.807, 2.05) is 19.2 Å². The van der Waals surface area contributed by atoms with E-state index in [4.69, 9.17) is 0 Å². The Balaban J connectivity index is 2.02. The summed E-state index contributed by atoms with van der Waals surface area (Å²) in [7, 11) is 0. The number of fused-ring (bicyclic) bond motifs is 1. The predicted molar refractivity (Wildman–Crippen MR) is 70.8 cm³/mol. The van der Waals surface area contributed by atoms with Gasteiger partial charge in [-0.1, -0.05) is 6.08 Å². The minimum atomic E-state index is 0.565. The maximum absolute atomic E-state index is 4.45.